The summed E-state index contributed by atoms with van der Waals surface area (Å²) in [6.07, 6.45) is 5.89. The zero-order valence-corrected chi connectivity index (χ0v) is 5.59. The molecule has 0 bridgehead atoms. The molecule has 1 atom stereocenters. The van der Waals surface area contributed by atoms with Crippen molar-refractivity contribution in [3.05, 3.63) is 0 Å². The molecule has 1 aliphatic rings. The number of hydrogen-bond acceptors (Lipinski definition) is 2. The van der Waals surface area contributed by atoms with E-state index in [1.807, 2.05) is 0 Å². The molecule has 1 unspecified atom stereocenters. The highest BCUT2D eigenvalue weighted by atomic mass is 16.2. The Labute approximate surface area is 59.6 Å². The zero-order valence-electron chi connectivity index (χ0n) is 5.59. The van der Waals surface area contributed by atoms with E-state index in [0.717, 1.165) is 0 Å². The number of ketones is 2. The molecule has 0 aliphatic heterocycles. The highest BCUT2D eigenvalue weighted by Crippen LogP contribution is 2.20. The quantitative estimate of drug-likeness (QED) is 0.390. The van der Waals surface area contributed by atoms with Gasteiger partial charge in [-0.15, -0.1) is 12.3 Å². The standard InChI is InChI=1S/C8H8O2/c1-2-3-6-4-7(9)5-8(6)10/h1,6H,3-5H2. The van der Waals surface area contributed by atoms with Crippen LogP contribution in [0, 0.1) is 18.3 Å². The molecular weight excluding hydrogens is 128 g/mol. The van der Waals surface area contributed by atoms with Crippen molar-refractivity contribution in [3.8, 4) is 12.3 Å². The summed E-state index contributed by atoms with van der Waals surface area (Å²) in [6, 6.07) is 0. The molecule has 0 N–H and O–H groups in total. The number of carbonyl (C=O) groups is 2. The van der Waals surface area contributed by atoms with E-state index in [9.17, 15) is 9.59 Å². The second-order valence-electron chi connectivity index (χ2n) is 2.49. The first-order valence-corrected chi connectivity index (χ1v) is 3.22. The van der Waals surface area contributed by atoms with Crippen molar-refractivity contribution in [3.63, 3.8) is 0 Å². The first-order valence-electron chi connectivity index (χ1n) is 3.22. The van der Waals surface area contributed by atoms with Crippen molar-refractivity contribution in [2.24, 2.45) is 5.92 Å². The van der Waals surface area contributed by atoms with Gasteiger partial charge in [0.05, 0.1) is 6.42 Å². The summed E-state index contributed by atoms with van der Waals surface area (Å²) in [5, 5.41) is 0. The van der Waals surface area contributed by atoms with Gasteiger partial charge in [-0.05, 0) is 0 Å². The van der Waals surface area contributed by atoms with Gasteiger partial charge >= 0.3 is 0 Å². The first kappa shape index (κ1) is 7.01. The summed E-state index contributed by atoms with van der Waals surface area (Å²) in [5.41, 5.74) is 0. The van der Waals surface area contributed by atoms with Gasteiger partial charge in [-0.3, -0.25) is 9.59 Å². The van der Waals surface area contributed by atoms with Gasteiger partial charge in [0.25, 0.3) is 0 Å². The molecule has 0 aromatic rings. The van der Waals surface area contributed by atoms with E-state index in [1.165, 1.54) is 0 Å². The van der Waals surface area contributed by atoms with Crippen LogP contribution in [0.2, 0.25) is 0 Å². The van der Waals surface area contributed by atoms with Crippen molar-refractivity contribution in [1.29, 1.82) is 0 Å². The van der Waals surface area contributed by atoms with Crippen molar-refractivity contribution < 1.29 is 9.59 Å². The van der Waals surface area contributed by atoms with Crippen LogP contribution in [-0.2, 0) is 9.59 Å². The molecule has 0 aromatic carbocycles. The van der Waals surface area contributed by atoms with E-state index in [2.05, 4.69) is 5.92 Å². The Hall–Kier alpha value is -1.10. The summed E-state index contributed by atoms with van der Waals surface area (Å²) in [5.74, 6) is 2.27. The van der Waals surface area contributed by atoms with E-state index < -0.39 is 0 Å². The molecule has 10 heavy (non-hydrogen) atoms. The molecule has 0 heterocycles. The average Bonchev–Trinajstić information content (AvgIpc) is 2.13. The minimum atomic E-state index is -0.169. The Bertz CT molecular complexity index is 210. The normalized spacial score (nSPS) is 24.9. The number of rotatable bonds is 1. The van der Waals surface area contributed by atoms with Gasteiger partial charge in [0.2, 0.25) is 0 Å². The van der Waals surface area contributed by atoms with Crippen molar-refractivity contribution in [2.75, 3.05) is 0 Å². The maximum absolute atomic E-state index is 10.9. The molecule has 1 rings (SSSR count). The van der Waals surface area contributed by atoms with E-state index in [-0.39, 0.29) is 23.9 Å². The fourth-order valence-electron chi connectivity index (χ4n) is 1.13. The Morgan fingerprint density at radius 3 is 2.70 bits per heavy atom. The lowest BCUT2D eigenvalue weighted by atomic mass is 10.0. The van der Waals surface area contributed by atoms with Gasteiger partial charge in [0.1, 0.15) is 11.6 Å². The number of Topliss-reactive ketones (excluding diaryl/α,β-unsaturated/α-hetero) is 2. The molecule has 0 radical (unpaired) electrons. The predicted octanol–water partition coefficient (Wildman–Crippen LogP) is 0.558. The van der Waals surface area contributed by atoms with Crippen molar-refractivity contribution in [1.82, 2.24) is 0 Å². The molecule has 0 spiro atoms. The van der Waals surface area contributed by atoms with Crippen LogP contribution in [-0.4, -0.2) is 11.6 Å². The van der Waals surface area contributed by atoms with E-state index in [4.69, 9.17) is 6.42 Å². The minimum Gasteiger partial charge on any atom is -0.299 e. The molecule has 0 saturated heterocycles. The van der Waals surface area contributed by atoms with Crippen molar-refractivity contribution >= 4 is 11.6 Å². The Balaban J connectivity index is 2.56. The first-order chi connectivity index (χ1) is 4.74. The fourth-order valence-corrected chi connectivity index (χ4v) is 1.13. The smallest absolute Gasteiger partial charge is 0.144 e. The zero-order chi connectivity index (χ0) is 7.56. The lowest BCUT2D eigenvalue weighted by Gasteiger charge is -1.97. The van der Waals surface area contributed by atoms with Gasteiger partial charge < -0.3 is 0 Å². The van der Waals surface area contributed by atoms with E-state index >= 15 is 0 Å². The Kier molecular flexibility index (Phi) is 1.86. The molecular formula is C8H8O2. The van der Waals surface area contributed by atoms with E-state index in [1.54, 1.807) is 0 Å². The topological polar surface area (TPSA) is 34.1 Å². The van der Waals surface area contributed by atoms with Gasteiger partial charge in [0, 0.05) is 18.8 Å². The highest BCUT2D eigenvalue weighted by Gasteiger charge is 2.29. The summed E-state index contributed by atoms with van der Waals surface area (Å²) in [7, 11) is 0. The summed E-state index contributed by atoms with van der Waals surface area (Å²) in [6.45, 7) is 0. The summed E-state index contributed by atoms with van der Waals surface area (Å²) in [4.78, 5) is 21.5. The van der Waals surface area contributed by atoms with Gasteiger partial charge in [0.15, 0.2) is 0 Å². The monoisotopic (exact) mass is 136 g/mol. The van der Waals surface area contributed by atoms with Crippen LogP contribution in [0.15, 0.2) is 0 Å². The Morgan fingerprint density at radius 2 is 2.30 bits per heavy atom. The van der Waals surface area contributed by atoms with Crippen LogP contribution in [0.4, 0.5) is 0 Å². The van der Waals surface area contributed by atoms with Gasteiger partial charge in [-0.25, -0.2) is 0 Å². The largest absolute Gasteiger partial charge is 0.299 e. The highest BCUT2D eigenvalue weighted by molar-refractivity contribution is 6.07. The molecule has 1 aliphatic carbocycles. The predicted molar refractivity (Wildman–Crippen MR) is 36.2 cm³/mol. The maximum Gasteiger partial charge on any atom is 0.144 e. The molecule has 2 nitrogen and oxygen atoms in total. The molecule has 2 heteroatoms. The minimum absolute atomic E-state index is 0.0166. The third-order valence-electron chi connectivity index (χ3n) is 1.67. The number of carbonyl (C=O) groups excluding carboxylic acids is 2. The molecule has 1 saturated carbocycles. The van der Waals surface area contributed by atoms with Crippen LogP contribution in [0.3, 0.4) is 0 Å². The molecule has 1 fully saturated rings. The molecule has 0 amide bonds. The third-order valence-corrected chi connectivity index (χ3v) is 1.67. The maximum atomic E-state index is 10.9. The summed E-state index contributed by atoms with van der Waals surface area (Å²) < 4.78 is 0. The number of terminal acetylenes is 1. The van der Waals surface area contributed by atoms with Crippen LogP contribution in [0.5, 0.6) is 0 Å². The van der Waals surface area contributed by atoms with Crippen molar-refractivity contribution in [2.45, 2.75) is 19.3 Å². The van der Waals surface area contributed by atoms with E-state index in [0.29, 0.717) is 12.8 Å². The van der Waals surface area contributed by atoms with Crippen LogP contribution < -0.4 is 0 Å². The fraction of sp³-hybridized carbons (Fsp3) is 0.500. The number of hydrogen-bond donors (Lipinski definition) is 0. The lowest BCUT2D eigenvalue weighted by Crippen LogP contribution is -2.03. The molecule has 0 aromatic heterocycles. The van der Waals surface area contributed by atoms with Crippen LogP contribution in [0.25, 0.3) is 0 Å². The molecule has 52 valence electrons. The summed E-state index contributed by atoms with van der Waals surface area (Å²) >= 11 is 0. The lowest BCUT2D eigenvalue weighted by molar-refractivity contribution is -0.122. The SMILES string of the molecule is C#CCC1CC(=O)CC1=O. The second kappa shape index (κ2) is 2.66. The third kappa shape index (κ3) is 1.24. The van der Waals surface area contributed by atoms with Gasteiger partial charge in [-0.2, -0.15) is 0 Å². The van der Waals surface area contributed by atoms with Gasteiger partial charge in [-0.1, -0.05) is 0 Å². The second-order valence-corrected chi connectivity index (χ2v) is 2.49. The van der Waals surface area contributed by atoms with Crippen LogP contribution >= 0.6 is 0 Å². The van der Waals surface area contributed by atoms with Crippen LogP contribution in [0.1, 0.15) is 19.3 Å². The average molecular weight is 136 g/mol. The Morgan fingerprint density at radius 1 is 1.60 bits per heavy atom.